The van der Waals surface area contributed by atoms with Gasteiger partial charge in [-0.25, -0.2) is 8.42 Å². The van der Waals surface area contributed by atoms with Crippen LogP contribution in [0.3, 0.4) is 0 Å². The smallest absolute Gasteiger partial charge is 0.323 e. The van der Waals surface area contributed by atoms with Gasteiger partial charge in [-0.1, -0.05) is 12.1 Å². The van der Waals surface area contributed by atoms with Gasteiger partial charge in [-0.3, -0.25) is 14.4 Å². The van der Waals surface area contributed by atoms with Crippen LogP contribution in [0.4, 0.5) is 0 Å². The van der Waals surface area contributed by atoms with Gasteiger partial charge in [0.1, 0.15) is 6.04 Å². The molecule has 0 spiro atoms. The number of hydrogen-bond donors (Lipinski definition) is 1. The molecule has 0 aromatic heterocycles. The SMILES string of the molecule is CC(=O)c1ccc(S(=O)(=O)N2CCN(C(C)=O)CC2C(=O)O)cc1. The van der Waals surface area contributed by atoms with E-state index < -0.39 is 22.0 Å². The van der Waals surface area contributed by atoms with E-state index in [-0.39, 0.29) is 36.2 Å². The number of carbonyl (C=O) groups is 3. The van der Waals surface area contributed by atoms with Crippen LogP contribution >= 0.6 is 0 Å². The van der Waals surface area contributed by atoms with Crippen LogP contribution in [0.2, 0.25) is 0 Å². The summed E-state index contributed by atoms with van der Waals surface area (Å²) in [7, 11) is -4.04. The molecule has 0 bridgehead atoms. The van der Waals surface area contributed by atoms with E-state index in [1.54, 1.807) is 0 Å². The number of piperazine rings is 1. The lowest BCUT2D eigenvalue weighted by atomic mass is 10.2. The molecule has 8 nitrogen and oxygen atoms in total. The van der Waals surface area contributed by atoms with Crippen molar-refractivity contribution in [3.63, 3.8) is 0 Å². The minimum atomic E-state index is -4.04. The molecule has 24 heavy (non-hydrogen) atoms. The summed E-state index contributed by atoms with van der Waals surface area (Å²) in [5, 5.41) is 9.35. The van der Waals surface area contributed by atoms with Crippen LogP contribution in [0.25, 0.3) is 0 Å². The van der Waals surface area contributed by atoms with Gasteiger partial charge in [0.25, 0.3) is 0 Å². The Kier molecular flexibility index (Phi) is 5.05. The fourth-order valence-corrected chi connectivity index (χ4v) is 4.10. The summed E-state index contributed by atoms with van der Waals surface area (Å²) in [5.74, 6) is -1.81. The van der Waals surface area contributed by atoms with Crippen LogP contribution in [-0.2, 0) is 19.6 Å². The number of Topliss-reactive ketones (excluding diaryl/α,β-unsaturated/α-hetero) is 1. The van der Waals surface area contributed by atoms with Gasteiger partial charge in [0.15, 0.2) is 5.78 Å². The van der Waals surface area contributed by atoms with E-state index >= 15 is 0 Å². The number of carboxylic acid groups (broad SMARTS) is 1. The van der Waals surface area contributed by atoms with E-state index in [9.17, 15) is 27.9 Å². The summed E-state index contributed by atoms with van der Waals surface area (Å²) in [6.07, 6.45) is 0. The van der Waals surface area contributed by atoms with E-state index in [2.05, 4.69) is 0 Å². The topological polar surface area (TPSA) is 112 Å². The number of ketones is 1. The van der Waals surface area contributed by atoms with E-state index in [1.807, 2.05) is 0 Å². The van der Waals surface area contributed by atoms with Gasteiger partial charge >= 0.3 is 5.97 Å². The van der Waals surface area contributed by atoms with Crippen LogP contribution < -0.4 is 0 Å². The molecule has 1 N–H and O–H groups in total. The lowest BCUT2D eigenvalue weighted by Gasteiger charge is -2.38. The number of rotatable bonds is 4. The van der Waals surface area contributed by atoms with Gasteiger partial charge in [0, 0.05) is 32.1 Å². The third-order valence-electron chi connectivity index (χ3n) is 3.93. The summed E-state index contributed by atoms with van der Waals surface area (Å²) in [4.78, 5) is 35.4. The predicted octanol–water partition coefficient (Wildman–Crippen LogP) is 0.195. The molecule has 130 valence electrons. The van der Waals surface area contributed by atoms with Crippen molar-refractivity contribution in [1.82, 2.24) is 9.21 Å². The first kappa shape index (κ1) is 18.1. The Morgan fingerprint density at radius 2 is 1.67 bits per heavy atom. The van der Waals surface area contributed by atoms with Crippen molar-refractivity contribution in [1.29, 1.82) is 0 Å². The molecular weight excluding hydrogens is 336 g/mol. The zero-order valence-corrected chi connectivity index (χ0v) is 14.1. The Morgan fingerprint density at radius 3 is 2.12 bits per heavy atom. The highest BCUT2D eigenvalue weighted by Gasteiger charge is 2.40. The Labute approximate surface area is 139 Å². The van der Waals surface area contributed by atoms with Crippen molar-refractivity contribution >= 4 is 27.7 Å². The van der Waals surface area contributed by atoms with Gasteiger partial charge in [-0.2, -0.15) is 4.31 Å². The lowest BCUT2D eigenvalue weighted by Crippen LogP contribution is -2.58. The molecule has 9 heteroatoms. The van der Waals surface area contributed by atoms with Gasteiger partial charge < -0.3 is 10.0 Å². The van der Waals surface area contributed by atoms with Crippen molar-refractivity contribution in [3.05, 3.63) is 29.8 Å². The lowest BCUT2D eigenvalue weighted by molar-refractivity contribution is -0.145. The monoisotopic (exact) mass is 354 g/mol. The average molecular weight is 354 g/mol. The molecule has 1 aliphatic heterocycles. The van der Waals surface area contributed by atoms with Gasteiger partial charge in [0.05, 0.1) is 4.90 Å². The second-order valence-electron chi connectivity index (χ2n) is 5.52. The number of amides is 1. The fraction of sp³-hybridized carbons (Fsp3) is 0.400. The normalized spacial score (nSPS) is 19.1. The minimum absolute atomic E-state index is 0.0879. The zero-order chi connectivity index (χ0) is 18.1. The van der Waals surface area contributed by atoms with Crippen molar-refractivity contribution in [2.75, 3.05) is 19.6 Å². The van der Waals surface area contributed by atoms with Gasteiger partial charge in [-0.05, 0) is 19.1 Å². The Bertz CT molecular complexity index is 772. The third kappa shape index (κ3) is 3.46. The molecule has 1 atom stereocenters. The second-order valence-corrected chi connectivity index (χ2v) is 7.41. The molecule has 1 aromatic rings. The van der Waals surface area contributed by atoms with E-state index in [4.69, 9.17) is 0 Å². The molecule has 1 unspecified atom stereocenters. The molecule has 0 aliphatic carbocycles. The highest BCUT2D eigenvalue weighted by molar-refractivity contribution is 7.89. The number of benzene rings is 1. The predicted molar refractivity (Wildman–Crippen MR) is 84.0 cm³/mol. The van der Waals surface area contributed by atoms with Crippen molar-refractivity contribution in [2.24, 2.45) is 0 Å². The molecule has 0 radical (unpaired) electrons. The van der Waals surface area contributed by atoms with Crippen molar-refractivity contribution in [2.45, 2.75) is 24.8 Å². The number of hydrogen-bond acceptors (Lipinski definition) is 5. The summed E-state index contributed by atoms with van der Waals surface area (Å²) >= 11 is 0. The second kappa shape index (κ2) is 6.70. The van der Waals surface area contributed by atoms with E-state index in [1.165, 1.54) is 43.0 Å². The van der Waals surface area contributed by atoms with Crippen LogP contribution in [-0.4, -0.2) is 66.1 Å². The summed E-state index contributed by atoms with van der Waals surface area (Å²) in [6.45, 7) is 2.50. The maximum atomic E-state index is 12.7. The van der Waals surface area contributed by atoms with Gasteiger partial charge in [0.2, 0.25) is 15.9 Å². The Morgan fingerprint density at radius 1 is 1.08 bits per heavy atom. The molecule has 2 rings (SSSR count). The number of sulfonamides is 1. The fourth-order valence-electron chi connectivity index (χ4n) is 2.54. The highest BCUT2D eigenvalue weighted by Crippen LogP contribution is 2.22. The largest absolute Gasteiger partial charge is 0.480 e. The highest BCUT2D eigenvalue weighted by atomic mass is 32.2. The molecule has 1 amide bonds. The average Bonchev–Trinajstić information content (AvgIpc) is 2.54. The van der Waals surface area contributed by atoms with Crippen LogP contribution in [0.15, 0.2) is 29.2 Å². The number of carboxylic acids is 1. The standard InChI is InChI=1S/C15H18N2O6S/c1-10(18)12-3-5-13(6-4-12)24(22,23)17-8-7-16(11(2)19)9-14(17)15(20)21/h3-6,14H,7-9H2,1-2H3,(H,20,21). The summed E-state index contributed by atoms with van der Waals surface area (Å²) in [6, 6.07) is 3.98. The molecule has 0 saturated carbocycles. The van der Waals surface area contributed by atoms with Crippen molar-refractivity contribution in [3.8, 4) is 0 Å². The van der Waals surface area contributed by atoms with E-state index in [0.29, 0.717) is 5.56 Å². The molecular formula is C15H18N2O6S. The van der Waals surface area contributed by atoms with Gasteiger partial charge in [-0.15, -0.1) is 0 Å². The molecule has 1 aromatic carbocycles. The number of nitrogens with zero attached hydrogens (tertiary/aromatic N) is 2. The van der Waals surface area contributed by atoms with Crippen LogP contribution in [0.5, 0.6) is 0 Å². The van der Waals surface area contributed by atoms with Crippen molar-refractivity contribution < 1.29 is 27.9 Å². The quantitative estimate of drug-likeness (QED) is 0.773. The summed E-state index contributed by atoms with van der Waals surface area (Å²) in [5.41, 5.74) is 0.366. The maximum Gasteiger partial charge on any atom is 0.323 e. The minimum Gasteiger partial charge on any atom is -0.480 e. The first-order valence-corrected chi connectivity index (χ1v) is 8.69. The molecule has 1 fully saturated rings. The third-order valence-corrected chi connectivity index (χ3v) is 5.85. The molecule has 1 saturated heterocycles. The Hall–Kier alpha value is -2.26. The zero-order valence-electron chi connectivity index (χ0n) is 13.3. The maximum absolute atomic E-state index is 12.7. The first-order valence-electron chi connectivity index (χ1n) is 7.25. The number of aliphatic carboxylic acids is 1. The molecule has 1 heterocycles. The van der Waals surface area contributed by atoms with E-state index in [0.717, 1.165) is 4.31 Å². The number of carbonyl (C=O) groups excluding carboxylic acids is 2. The Balaban J connectivity index is 2.34. The van der Waals surface area contributed by atoms with Crippen LogP contribution in [0, 0.1) is 0 Å². The first-order chi connectivity index (χ1) is 11.1. The summed E-state index contributed by atoms with van der Waals surface area (Å²) < 4.78 is 26.4. The molecule has 1 aliphatic rings. The van der Waals surface area contributed by atoms with Crippen LogP contribution in [0.1, 0.15) is 24.2 Å².